The monoisotopic (exact) mass is 266 g/mol. The van der Waals surface area contributed by atoms with Crippen LogP contribution in [0.3, 0.4) is 0 Å². The minimum absolute atomic E-state index is 0.161. The van der Waals surface area contributed by atoms with Crippen LogP contribution in [0.25, 0.3) is 0 Å². The normalized spacial score (nSPS) is 10.5. The number of carbonyl (C=O) groups is 1. The van der Waals surface area contributed by atoms with Crippen molar-refractivity contribution in [2.75, 3.05) is 32.6 Å². The van der Waals surface area contributed by atoms with Gasteiger partial charge in [-0.3, -0.25) is 4.79 Å². The lowest BCUT2D eigenvalue weighted by Gasteiger charge is -2.09. The average molecular weight is 266 g/mol. The molecule has 5 nitrogen and oxygen atoms in total. The number of ether oxygens (including phenoxy) is 2. The molecule has 3 N–H and O–H groups in total. The third kappa shape index (κ3) is 5.18. The summed E-state index contributed by atoms with van der Waals surface area (Å²) >= 11 is 0. The van der Waals surface area contributed by atoms with Crippen LogP contribution in [0, 0.1) is 5.92 Å². The van der Waals surface area contributed by atoms with Gasteiger partial charge in [0.1, 0.15) is 5.75 Å². The van der Waals surface area contributed by atoms with Gasteiger partial charge in [0, 0.05) is 18.7 Å². The molecule has 1 rings (SSSR count). The molecular formula is C14H22N2O3. The average Bonchev–Trinajstić information content (AvgIpc) is 2.38. The maximum atomic E-state index is 11.9. The Morgan fingerprint density at radius 1 is 1.42 bits per heavy atom. The van der Waals surface area contributed by atoms with E-state index < -0.39 is 0 Å². The van der Waals surface area contributed by atoms with Crippen molar-refractivity contribution in [2.24, 2.45) is 5.92 Å². The van der Waals surface area contributed by atoms with Crippen molar-refractivity contribution in [3.05, 3.63) is 23.8 Å². The van der Waals surface area contributed by atoms with Crippen LogP contribution in [-0.4, -0.2) is 32.8 Å². The second-order valence-corrected chi connectivity index (χ2v) is 4.68. The molecule has 1 amide bonds. The lowest BCUT2D eigenvalue weighted by molar-refractivity contribution is 0.0886. The van der Waals surface area contributed by atoms with Crippen molar-refractivity contribution in [3.63, 3.8) is 0 Å². The first-order chi connectivity index (χ1) is 9.04. The molecule has 106 valence electrons. The SMILES string of the molecule is COc1cc(C(=O)NCCOCC(C)C)ccc1N. The number of anilines is 1. The second-order valence-electron chi connectivity index (χ2n) is 4.68. The first kappa shape index (κ1) is 15.3. The zero-order chi connectivity index (χ0) is 14.3. The quantitative estimate of drug-likeness (QED) is 0.581. The summed E-state index contributed by atoms with van der Waals surface area (Å²) in [6, 6.07) is 4.95. The topological polar surface area (TPSA) is 73.6 Å². The molecule has 0 saturated carbocycles. The molecule has 0 atom stereocenters. The number of hydrogen-bond acceptors (Lipinski definition) is 4. The zero-order valence-electron chi connectivity index (χ0n) is 11.7. The van der Waals surface area contributed by atoms with E-state index >= 15 is 0 Å². The first-order valence-electron chi connectivity index (χ1n) is 6.34. The van der Waals surface area contributed by atoms with Crippen molar-refractivity contribution in [3.8, 4) is 5.75 Å². The Morgan fingerprint density at radius 3 is 2.79 bits per heavy atom. The van der Waals surface area contributed by atoms with Crippen molar-refractivity contribution in [2.45, 2.75) is 13.8 Å². The Kier molecular flexibility index (Phi) is 6.15. The van der Waals surface area contributed by atoms with Crippen LogP contribution in [0.5, 0.6) is 5.75 Å². The van der Waals surface area contributed by atoms with Crippen LogP contribution in [0.15, 0.2) is 18.2 Å². The van der Waals surface area contributed by atoms with Crippen LogP contribution in [0.2, 0.25) is 0 Å². The number of rotatable bonds is 7. The van der Waals surface area contributed by atoms with Gasteiger partial charge in [0.25, 0.3) is 5.91 Å². The fraction of sp³-hybridized carbons (Fsp3) is 0.500. The molecule has 0 fully saturated rings. The molecule has 5 heteroatoms. The van der Waals surface area contributed by atoms with E-state index in [0.29, 0.717) is 42.7 Å². The summed E-state index contributed by atoms with van der Waals surface area (Å²) in [5, 5.41) is 2.78. The summed E-state index contributed by atoms with van der Waals surface area (Å²) in [7, 11) is 1.52. The van der Waals surface area contributed by atoms with Crippen LogP contribution in [-0.2, 0) is 4.74 Å². The van der Waals surface area contributed by atoms with Crippen molar-refractivity contribution in [1.82, 2.24) is 5.32 Å². The van der Waals surface area contributed by atoms with Gasteiger partial charge in [0.2, 0.25) is 0 Å². The van der Waals surface area contributed by atoms with Crippen LogP contribution in [0.1, 0.15) is 24.2 Å². The van der Waals surface area contributed by atoms with Crippen LogP contribution in [0.4, 0.5) is 5.69 Å². The van der Waals surface area contributed by atoms with E-state index in [-0.39, 0.29) is 5.91 Å². The number of benzene rings is 1. The molecule has 0 aliphatic heterocycles. The van der Waals surface area contributed by atoms with Crippen molar-refractivity contribution < 1.29 is 14.3 Å². The second kappa shape index (κ2) is 7.63. The van der Waals surface area contributed by atoms with E-state index in [1.807, 2.05) is 0 Å². The van der Waals surface area contributed by atoms with Gasteiger partial charge in [-0.05, 0) is 24.1 Å². The maximum absolute atomic E-state index is 11.9. The van der Waals surface area contributed by atoms with Crippen LogP contribution < -0.4 is 15.8 Å². The van der Waals surface area contributed by atoms with Crippen LogP contribution >= 0.6 is 0 Å². The molecule has 0 aliphatic carbocycles. The summed E-state index contributed by atoms with van der Waals surface area (Å²) in [5.74, 6) is 0.840. The minimum atomic E-state index is -0.161. The molecule has 1 aromatic rings. The molecule has 0 bridgehead atoms. The van der Waals surface area contributed by atoms with Gasteiger partial charge in [-0.15, -0.1) is 0 Å². The summed E-state index contributed by atoms with van der Waals surface area (Å²) < 4.78 is 10.5. The van der Waals surface area contributed by atoms with E-state index in [9.17, 15) is 4.79 Å². The van der Waals surface area contributed by atoms with Gasteiger partial charge < -0.3 is 20.5 Å². The number of nitrogen functional groups attached to an aromatic ring is 1. The number of hydrogen-bond donors (Lipinski definition) is 2. The molecule has 0 heterocycles. The van der Waals surface area contributed by atoms with E-state index in [4.69, 9.17) is 15.2 Å². The lowest BCUT2D eigenvalue weighted by atomic mass is 10.2. The molecule has 0 saturated heterocycles. The Balaban J connectivity index is 2.41. The number of nitrogens with two attached hydrogens (primary N) is 1. The molecule has 1 aromatic carbocycles. The molecule has 0 aliphatic rings. The van der Waals surface area contributed by atoms with E-state index in [0.717, 1.165) is 0 Å². The van der Waals surface area contributed by atoms with E-state index in [1.165, 1.54) is 7.11 Å². The van der Waals surface area contributed by atoms with Gasteiger partial charge >= 0.3 is 0 Å². The highest BCUT2D eigenvalue weighted by Gasteiger charge is 2.08. The Morgan fingerprint density at radius 2 is 2.16 bits per heavy atom. The van der Waals surface area contributed by atoms with Gasteiger partial charge in [0.15, 0.2) is 0 Å². The fourth-order valence-electron chi connectivity index (χ4n) is 1.51. The maximum Gasteiger partial charge on any atom is 0.251 e. The number of amides is 1. The Hall–Kier alpha value is -1.75. The van der Waals surface area contributed by atoms with Gasteiger partial charge in [0.05, 0.1) is 19.4 Å². The number of carbonyl (C=O) groups excluding carboxylic acids is 1. The van der Waals surface area contributed by atoms with E-state index in [2.05, 4.69) is 19.2 Å². The largest absolute Gasteiger partial charge is 0.495 e. The van der Waals surface area contributed by atoms with Gasteiger partial charge in [-0.25, -0.2) is 0 Å². The molecule has 19 heavy (non-hydrogen) atoms. The molecule has 0 spiro atoms. The smallest absolute Gasteiger partial charge is 0.251 e. The molecule has 0 radical (unpaired) electrons. The summed E-state index contributed by atoms with van der Waals surface area (Å²) in [5.41, 5.74) is 6.73. The molecular weight excluding hydrogens is 244 g/mol. The Bertz CT molecular complexity index is 419. The standard InChI is InChI=1S/C14H22N2O3/c1-10(2)9-19-7-6-16-14(17)11-4-5-12(15)13(8-11)18-3/h4-5,8,10H,6-7,9,15H2,1-3H3,(H,16,17). The van der Waals surface area contributed by atoms with Crippen molar-refractivity contribution >= 4 is 11.6 Å². The van der Waals surface area contributed by atoms with Crippen molar-refractivity contribution in [1.29, 1.82) is 0 Å². The Labute approximate surface area is 114 Å². The lowest BCUT2D eigenvalue weighted by Crippen LogP contribution is -2.27. The van der Waals surface area contributed by atoms with Gasteiger partial charge in [-0.2, -0.15) is 0 Å². The first-order valence-corrected chi connectivity index (χ1v) is 6.34. The van der Waals surface area contributed by atoms with E-state index in [1.54, 1.807) is 18.2 Å². The highest BCUT2D eigenvalue weighted by molar-refractivity contribution is 5.95. The highest BCUT2D eigenvalue weighted by atomic mass is 16.5. The fourth-order valence-corrected chi connectivity index (χ4v) is 1.51. The predicted octanol–water partition coefficient (Wildman–Crippen LogP) is 1.68. The third-order valence-corrected chi connectivity index (χ3v) is 2.48. The summed E-state index contributed by atoms with van der Waals surface area (Å²) in [6.45, 7) is 5.86. The zero-order valence-corrected chi connectivity index (χ0v) is 11.7. The van der Waals surface area contributed by atoms with Gasteiger partial charge in [-0.1, -0.05) is 13.8 Å². The third-order valence-electron chi connectivity index (χ3n) is 2.48. The number of methoxy groups -OCH3 is 1. The summed E-state index contributed by atoms with van der Waals surface area (Å²) in [6.07, 6.45) is 0. The minimum Gasteiger partial charge on any atom is -0.495 e. The summed E-state index contributed by atoms with van der Waals surface area (Å²) in [4.78, 5) is 11.9. The molecule has 0 unspecified atom stereocenters. The molecule has 0 aromatic heterocycles. The highest BCUT2D eigenvalue weighted by Crippen LogP contribution is 2.21. The number of nitrogens with one attached hydrogen (secondary N) is 1. The predicted molar refractivity (Wildman–Crippen MR) is 75.4 cm³/mol.